The molecule has 16 heavy (non-hydrogen) atoms. The van der Waals surface area contributed by atoms with Crippen molar-refractivity contribution in [3.63, 3.8) is 0 Å². The minimum absolute atomic E-state index is 0.226. The molecule has 1 atom stereocenters. The molecular weight excluding hydrogens is 240 g/mol. The van der Waals surface area contributed by atoms with Gasteiger partial charge in [-0.25, -0.2) is 0 Å². The molecule has 0 N–H and O–H groups in total. The molecule has 0 spiro atoms. The highest BCUT2D eigenvalue weighted by Gasteiger charge is 2.22. The van der Waals surface area contributed by atoms with Crippen molar-refractivity contribution >= 4 is 29.1 Å². The SMILES string of the molecule is O=C1CCCCC1SCc1ccc(Cl)cc1. The van der Waals surface area contributed by atoms with E-state index >= 15 is 0 Å². The summed E-state index contributed by atoms with van der Waals surface area (Å²) in [6, 6.07) is 7.87. The summed E-state index contributed by atoms with van der Waals surface area (Å²) in [6.07, 6.45) is 4.11. The minimum atomic E-state index is 0.226. The molecule has 0 bridgehead atoms. The number of carbonyl (C=O) groups is 1. The Morgan fingerprint density at radius 2 is 2.00 bits per heavy atom. The van der Waals surface area contributed by atoms with Crippen molar-refractivity contribution < 1.29 is 4.79 Å². The fraction of sp³-hybridized carbons (Fsp3) is 0.462. The lowest BCUT2D eigenvalue weighted by Gasteiger charge is -2.19. The van der Waals surface area contributed by atoms with Crippen LogP contribution in [0.2, 0.25) is 5.02 Å². The van der Waals surface area contributed by atoms with Crippen LogP contribution >= 0.6 is 23.4 Å². The molecule has 0 aliphatic heterocycles. The van der Waals surface area contributed by atoms with Crippen molar-refractivity contribution in [3.05, 3.63) is 34.9 Å². The predicted octanol–water partition coefficient (Wildman–Crippen LogP) is 4.08. The lowest BCUT2D eigenvalue weighted by Crippen LogP contribution is -2.21. The molecule has 2 rings (SSSR count). The molecule has 86 valence electrons. The third-order valence-electron chi connectivity index (χ3n) is 2.86. The summed E-state index contributed by atoms with van der Waals surface area (Å²) in [7, 11) is 0. The number of thioether (sulfide) groups is 1. The van der Waals surface area contributed by atoms with Crippen molar-refractivity contribution in [2.24, 2.45) is 0 Å². The second-order valence-electron chi connectivity index (χ2n) is 4.14. The maximum absolute atomic E-state index is 11.6. The van der Waals surface area contributed by atoms with Gasteiger partial charge in [-0.2, -0.15) is 0 Å². The smallest absolute Gasteiger partial charge is 0.145 e. The fourth-order valence-electron chi connectivity index (χ4n) is 1.90. The molecule has 1 aromatic carbocycles. The van der Waals surface area contributed by atoms with Gasteiger partial charge in [0.05, 0.1) is 5.25 Å². The Morgan fingerprint density at radius 3 is 2.69 bits per heavy atom. The van der Waals surface area contributed by atoms with Gasteiger partial charge < -0.3 is 0 Å². The van der Waals surface area contributed by atoms with Gasteiger partial charge in [0.15, 0.2) is 0 Å². The van der Waals surface area contributed by atoms with Gasteiger partial charge in [-0.15, -0.1) is 11.8 Å². The van der Waals surface area contributed by atoms with Crippen LogP contribution in [0.15, 0.2) is 24.3 Å². The van der Waals surface area contributed by atoms with E-state index in [0.29, 0.717) is 5.78 Å². The van der Waals surface area contributed by atoms with Gasteiger partial charge in [-0.1, -0.05) is 30.2 Å². The zero-order chi connectivity index (χ0) is 11.4. The molecule has 0 aromatic heterocycles. The number of carbonyl (C=O) groups excluding carboxylic acids is 1. The molecule has 0 radical (unpaired) electrons. The van der Waals surface area contributed by atoms with E-state index in [4.69, 9.17) is 11.6 Å². The highest BCUT2D eigenvalue weighted by Crippen LogP contribution is 2.28. The van der Waals surface area contributed by atoms with Gasteiger partial charge >= 0.3 is 0 Å². The molecule has 1 aliphatic carbocycles. The lowest BCUT2D eigenvalue weighted by molar-refractivity contribution is -0.119. The fourth-order valence-corrected chi connectivity index (χ4v) is 3.25. The maximum Gasteiger partial charge on any atom is 0.145 e. The third kappa shape index (κ3) is 3.26. The second kappa shape index (κ2) is 5.74. The predicted molar refractivity (Wildman–Crippen MR) is 70.0 cm³/mol. The molecule has 0 amide bonds. The van der Waals surface area contributed by atoms with Crippen LogP contribution in [-0.4, -0.2) is 11.0 Å². The first-order chi connectivity index (χ1) is 7.75. The number of halogens is 1. The molecule has 1 aliphatic rings. The number of benzene rings is 1. The summed E-state index contributed by atoms with van der Waals surface area (Å²) in [4.78, 5) is 11.6. The van der Waals surface area contributed by atoms with E-state index in [-0.39, 0.29) is 5.25 Å². The molecule has 1 fully saturated rings. The largest absolute Gasteiger partial charge is 0.298 e. The van der Waals surface area contributed by atoms with E-state index < -0.39 is 0 Å². The van der Waals surface area contributed by atoms with Crippen molar-refractivity contribution in [3.8, 4) is 0 Å². The molecule has 3 heteroatoms. The Labute approximate surface area is 106 Å². The topological polar surface area (TPSA) is 17.1 Å². The van der Waals surface area contributed by atoms with Gasteiger partial charge in [-0.05, 0) is 30.5 Å². The van der Waals surface area contributed by atoms with Crippen molar-refractivity contribution in [1.29, 1.82) is 0 Å². The van der Waals surface area contributed by atoms with Crippen LogP contribution in [0.1, 0.15) is 31.2 Å². The summed E-state index contributed by atoms with van der Waals surface area (Å²) in [5.74, 6) is 1.35. The van der Waals surface area contributed by atoms with E-state index in [2.05, 4.69) is 0 Å². The maximum atomic E-state index is 11.6. The van der Waals surface area contributed by atoms with Gasteiger partial charge in [0.2, 0.25) is 0 Å². The van der Waals surface area contributed by atoms with Gasteiger partial charge in [0.1, 0.15) is 5.78 Å². The summed E-state index contributed by atoms with van der Waals surface area (Å²) < 4.78 is 0. The standard InChI is InChI=1S/C13H15ClOS/c14-11-7-5-10(6-8-11)9-16-13-4-2-1-3-12(13)15/h5-8,13H,1-4,9H2. The number of ketones is 1. The van der Waals surface area contributed by atoms with E-state index in [9.17, 15) is 4.79 Å². The van der Waals surface area contributed by atoms with Crippen LogP contribution in [-0.2, 0) is 10.5 Å². The Morgan fingerprint density at radius 1 is 1.25 bits per heavy atom. The molecule has 1 aromatic rings. The monoisotopic (exact) mass is 254 g/mol. The zero-order valence-electron chi connectivity index (χ0n) is 9.12. The highest BCUT2D eigenvalue weighted by atomic mass is 35.5. The Hall–Kier alpha value is -0.470. The van der Waals surface area contributed by atoms with Crippen LogP contribution in [0.5, 0.6) is 0 Å². The molecule has 1 nitrogen and oxygen atoms in total. The minimum Gasteiger partial charge on any atom is -0.298 e. The van der Waals surface area contributed by atoms with Crippen molar-refractivity contribution in [2.75, 3.05) is 0 Å². The van der Waals surface area contributed by atoms with E-state index in [0.717, 1.165) is 30.0 Å². The Balaban J connectivity index is 1.86. The first-order valence-corrected chi connectivity index (χ1v) is 7.07. The van der Waals surface area contributed by atoms with Crippen LogP contribution in [0.25, 0.3) is 0 Å². The second-order valence-corrected chi connectivity index (χ2v) is 5.77. The van der Waals surface area contributed by atoms with Crippen molar-refractivity contribution in [1.82, 2.24) is 0 Å². The van der Waals surface area contributed by atoms with Crippen LogP contribution in [0.4, 0.5) is 0 Å². The summed E-state index contributed by atoms with van der Waals surface area (Å²) >= 11 is 7.59. The normalized spacial score (nSPS) is 21.1. The highest BCUT2D eigenvalue weighted by molar-refractivity contribution is 7.99. The molecule has 1 saturated carbocycles. The number of Topliss-reactive ketones (excluding diaryl/α,β-unsaturated/α-hetero) is 1. The third-order valence-corrected chi connectivity index (χ3v) is 4.52. The number of hydrogen-bond acceptors (Lipinski definition) is 2. The van der Waals surface area contributed by atoms with Gasteiger partial charge in [0.25, 0.3) is 0 Å². The van der Waals surface area contributed by atoms with Crippen LogP contribution in [0.3, 0.4) is 0 Å². The van der Waals surface area contributed by atoms with Crippen LogP contribution in [0, 0.1) is 0 Å². The average Bonchev–Trinajstić information content (AvgIpc) is 2.30. The quantitative estimate of drug-likeness (QED) is 0.808. The lowest BCUT2D eigenvalue weighted by atomic mass is 9.99. The van der Waals surface area contributed by atoms with E-state index in [1.54, 1.807) is 11.8 Å². The average molecular weight is 255 g/mol. The van der Waals surface area contributed by atoms with Gasteiger partial charge in [-0.3, -0.25) is 4.79 Å². The van der Waals surface area contributed by atoms with E-state index in [1.807, 2.05) is 24.3 Å². The Kier molecular flexibility index (Phi) is 4.30. The van der Waals surface area contributed by atoms with Gasteiger partial charge in [0, 0.05) is 17.2 Å². The Bertz CT molecular complexity index is 361. The molecule has 1 unspecified atom stereocenters. The number of hydrogen-bond donors (Lipinski definition) is 0. The first-order valence-electron chi connectivity index (χ1n) is 5.64. The number of rotatable bonds is 3. The zero-order valence-corrected chi connectivity index (χ0v) is 10.7. The summed E-state index contributed by atoms with van der Waals surface area (Å²) in [6.45, 7) is 0. The molecular formula is C13H15ClOS. The first kappa shape index (κ1) is 12.0. The molecule has 0 saturated heterocycles. The van der Waals surface area contributed by atoms with Crippen LogP contribution < -0.4 is 0 Å². The summed E-state index contributed by atoms with van der Waals surface area (Å²) in [5.41, 5.74) is 1.24. The molecule has 0 heterocycles. The summed E-state index contributed by atoms with van der Waals surface area (Å²) in [5, 5.41) is 0.993. The van der Waals surface area contributed by atoms with Crippen molar-refractivity contribution in [2.45, 2.75) is 36.7 Å². The van der Waals surface area contributed by atoms with E-state index in [1.165, 1.54) is 12.0 Å².